The number of hydrogen-bond acceptors (Lipinski definition) is 1. The van der Waals surface area contributed by atoms with Crippen LogP contribution < -0.4 is 0 Å². The molecule has 0 atom stereocenters. The second kappa shape index (κ2) is 3.28. The lowest BCUT2D eigenvalue weighted by Crippen LogP contribution is -2.28. The predicted octanol–water partition coefficient (Wildman–Crippen LogP) is 2.07. The van der Waals surface area contributed by atoms with E-state index in [0.29, 0.717) is 5.92 Å². The lowest BCUT2D eigenvalue weighted by molar-refractivity contribution is 0.0390. The average molecular weight is 152 g/mol. The Balaban J connectivity index is 2.52. The van der Waals surface area contributed by atoms with Crippen LogP contribution in [0.5, 0.6) is 0 Å². The van der Waals surface area contributed by atoms with Crippen LogP contribution in [0.1, 0.15) is 26.7 Å². The third-order valence-corrected chi connectivity index (χ3v) is 2.61. The summed E-state index contributed by atoms with van der Waals surface area (Å²) in [5.74, 6) is 3.51. The Morgan fingerprint density at radius 3 is 2.36 bits per heavy atom. The molecule has 0 amide bonds. The molecule has 1 aliphatic heterocycles. The third-order valence-electron chi connectivity index (χ3n) is 2.61. The molecule has 1 heteroatoms. The van der Waals surface area contributed by atoms with Gasteiger partial charge in [0.2, 0.25) is 0 Å². The minimum absolute atomic E-state index is 0.0593. The van der Waals surface area contributed by atoms with E-state index in [2.05, 4.69) is 19.8 Å². The summed E-state index contributed by atoms with van der Waals surface area (Å²) >= 11 is 0. The van der Waals surface area contributed by atoms with Crippen LogP contribution in [0.3, 0.4) is 0 Å². The maximum Gasteiger partial charge on any atom is 0.0469 e. The molecule has 1 heterocycles. The standard InChI is InChI=1S/C10H16O/c1-4-10(2,3)9-5-7-11-8-6-9/h1,9H,5-8H2,2-3H3. The number of rotatable bonds is 1. The smallest absolute Gasteiger partial charge is 0.0469 e. The van der Waals surface area contributed by atoms with Gasteiger partial charge in [-0.05, 0) is 32.6 Å². The molecule has 1 rings (SSSR count). The largest absolute Gasteiger partial charge is 0.381 e. The van der Waals surface area contributed by atoms with Gasteiger partial charge in [-0.3, -0.25) is 0 Å². The van der Waals surface area contributed by atoms with Gasteiger partial charge in [0.15, 0.2) is 0 Å². The van der Waals surface area contributed by atoms with Gasteiger partial charge < -0.3 is 4.74 Å². The molecule has 0 aromatic heterocycles. The van der Waals surface area contributed by atoms with Gasteiger partial charge in [-0.25, -0.2) is 0 Å². The topological polar surface area (TPSA) is 9.23 Å². The summed E-state index contributed by atoms with van der Waals surface area (Å²) in [4.78, 5) is 0. The molecule has 0 aliphatic carbocycles. The van der Waals surface area contributed by atoms with E-state index in [1.165, 1.54) is 0 Å². The molecule has 11 heavy (non-hydrogen) atoms. The summed E-state index contributed by atoms with van der Waals surface area (Å²) in [6, 6.07) is 0. The van der Waals surface area contributed by atoms with Gasteiger partial charge in [-0.2, -0.15) is 0 Å². The number of ether oxygens (including phenoxy) is 1. The molecule has 1 saturated heterocycles. The molecule has 0 radical (unpaired) electrons. The SMILES string of the molecule is C#CC(C)(C)C1CCOCC1. The fourth-order valence-corrected chi connectivity index (χ4v) is 1.54. The molecule has 1 fully saturated rings. The van der Waals surface area contributed by atoms with Gasteiger partial charge in [0.05, 0.1) is 0 Å². The van der Waals surface area contributed by atoms with Crippen molar-refractivity contribution < 1.29 is 4.74 Å². The van der Waals surface area contributed by atoms with Gasteiger partial charge in [0.25, 0.3) is 0 Å². The highest BCUT2D eigenvalue weighted by Gasteiger charge is 2.28. The van der Waals surface area contributed by atoms with Crippen LogP contribution in [0.2, 0.25) is 0 Å². The molecule has 62 valence electrons. The summed E-state index contributed by atoms with van der Waals surface area (Å²) < 4.78 is 5.27. The number of hydrogen-bond donors (Lipinski definition) is 0. The van der Waals surface area contributed by atoms with Gasteiger partial charge in [-0.15, -0.1) is 12.3 Å². The fraction of sp³-hybridized carbons (Fsp3) is 0.800. The number of terminal acetylenes is 1. The van der Waals surface area contributed by atoms with Gasteiger partial charge in [0, 0.05) is 18.6 Å². The Morgan fingerprint density at radius 1 is 1.36 bits per heavy atom. The Morgan fingerprint density at radius 2 is 1.91 bits per heavy atom. The Kier molecular flexibility index (Phi) is 2.57. The molecule has 1 aliphatic rings. The summed E-state index contributed by atoms with van der Waals surface area (Å²) in [6.07, 6.45) is 7.69. The van der Waals surface area contributed by atoms with Crippen molar-refractivity contribution in [3.05, 3.63) is 0 Å². The third kappa shape index (κ3) is 1.97. The van der Waals surface area contributed by atoms with Crippen molar-refractivity contribution in [3.8, 4) is 12.3 Å². The highest BCUT2D eigenvalue weighted by Crippen LogP contribution is 2.33. The van der Waals surface area contributed by atoms with E-state index >= 15 is 0 Å². The van der Waals surface area contributed by atoms with Crippen LogP contribution in [0.15, 0.2) is 0 Å². The van der Waals surface area contributed by atoms with Crippen LogP contribution in [0.4, 0.5) is 0 Å². The first kappa shape index (κ1) is 8.62. The Hall–Kier alpha value is -0.480. The molecular formula is C10H16O. The van der Waals surface area contributed by atoms with Crippen LogP contribution in [0.25, 0.3) is 0 Å². The molecule has 0 saturated carbocycles. The van der Waals surface area contributed by atoms with E-state index in [0.717, 1.165) is 26.1 Å². The molecular weight excluding hydrogens is 136 g/mol. The van der Waals surface area contributed by atoms with Crippen LogP contribution in [-0.4, -0.2) is 13.2 Å². The Bertz CT molecular complexity index is 158. The van der Waals surface area contributed by atoms with Crippen molar-refractivity contribution in [2.75, 3.05) is 13.2 Å². The second-order valence-electron chi connectivity index (χ2n) is 3.75. The zero-order valence-corrected chi connectivity index (χ0v) is 7.39. The van der Waals surface area contributed by atoms with Crippen LogP contribution in [-0.2, 0) is 4.74 Å². The molecule has 0 aromatic carbocycles. The van der Waals surface area contributed by atoms with E-state index in [1.54, 1.807) is 0 Å². The molecule has 0 spiro atoms. The molecule has 1 nitrogen and oxygen atoms in total. The van der Waals surface area contributed by atoms with E-state index < -0.39 is 0 Å². The normalized spacial score (nSPS) is 21.2. The molecule has 0 bridgehead atoms. The van der Waals surface area contributed by atoms with Crippen LogP contribution in [0, 0.1) is 23.7 Å². The monoisotopic (exact) mass is 152 g/mol. The fourth-order valence-electron chi connectivity index (χ4n) is 1.54. The first-order valence-corrected chi connectivity index (χ1v) is 4.22. The maximum atomic E-state index is 5.45. The zero-order valence-electron chi connectivity index (χ0n) is 7.39. The summed E-state index contributed by atoms with van der Waals surface area (Å²) in [6.45, 7) is 6.05. The molecule has 0 unspecified atom stereocenters. The maximum absolute atomic E-state index is 5.45. The summed E-state index contributed by atoms with van der Waals surface area (Å²) in [5.41, 5.74) is 0.0593. The second-order valence-corrected chi connectivity index (χ2v) is 3.75. The van der Waals surface area contributed by atoms with Crippen molar-refractivity contribution >= 4 is 0 Å². The molecule has 0 aromatic rings. The molecule has 0 N–H and O–H groups in total. The van der Waals surface area contributed by atoms with E-state index in [-0.39, 0.29) is 5.41 Å². The van der Waals surface area contributed by atoms with Gasteiger partial charge in [-0.1, -0.05) is 0 Å². The minimum atomic E-state index is 0.0593. The highest BCUT2D eigenvalue weighted by atomic mass is 16.5. The quantitative estimate of drug-likeness (QED) is 0.523. The minimum Gasteiger partial charge on any atom is -0.381 e. The van der Waals surface area contributed by atoms with Crippen molar-refractivity contribution in [1.82, 2.24) is 0 Å². The average Bonchev–Trinajstić information content (AvgIpc) is 2.06. The first-order chi connectivity index (χ1) is 5.17. The van der Waals surface area contributed by atoms with Gasteiger partial charge in [0.1, 0.15) is 0 Å². The Labute approximate surface area is 69.1 Å². The zero-order chi connectivity index (χ0) is 8.32. The van der Waals surface area contributed by atoms with Crippen molar-refractivity contribution in [2.45, 2.75) is 26.7 Å². The van der Waals surface area contributed by atoms with Crippen molar-refractivity contribution in [3.63, 3.8) is 0 Å². The lowest BCUT2D eigenvalue weighted by atomic mass is 9.75. The van der Waals surface area contributed by atoms with E-state index in [1.807, 2.05) is 0 Å². The van der Waals surface area contributed by atoms with Crippen LogP contribution >= 0.6 is 0 Å². The van der Waals surface area contributed by atoms with E-state index in [9.17, 15) is 0 Å². The summed E-state index contributed by atoms with van der Waals surface area (Å²) in [5, 5.41) is 0. The van der Waals surface area contributed by atoms with Gasteiger partial charge >= 0.3 is 0 Å². The van der Waals surface area contributed by atoms with Crippen molar-refractivity contribution in [2.24, 2.45) is 11.3 Å². The van der Waals surface area contributed by atoms with Crippen molar-refractivity contribution in [1.29, 1.82) is 0 Å². The van der Waals surface area contributed by atoms with E-state index in [4.69, 9.17) is 11.2 Å². The first-order valence-electron chi connectivity index (χ1n) is 4.22. The predicted molar refractivity (Wildman–Crippen MR) is 46.2 cm³/mol. The highest BCUT2D eigenvalue weighted by molar-refractivity contribution is 5.04. The lowest BCUT2D eigenvalue weighted by Gasteiger charge is -2.32. The summed E-state index contributed by atoms with van der Waals surface area (Å²) in [7, 11) is 0.